The van der Waals surface area contributed by atoms with E-state index < -0.39 is 12.0 Å². The summed E-state index contributed by atoms with van der Waals surface area (Å²) < 4.78 is 0. The highest BCUT2D eigenvalue weighted by Crippen LogP contribution is 2.39. The molecule has 0 bridgehead atoms. The topological polar surface area (TPSA) is 69.6 Å². The second kappa shape index (κ2) is 5.12. The van der Waals surface area contributed by atoms with Crippen LogP contribution in [-0.2, 0) is 9.59 Å². The van der Waals surface area contributed by atoms with Crippen LogP contribution in [0, 0.1) is 5.92 Å². The number of carbonyl (C=O) groups excluding carboxylic acids is 1. The van der Waals surface area contributed by atoms with Crippen molar-refractivity contribution in [2.75, 3.05) is 6.54 Å². The van der Waals surface area contributed by atoms with Crippen LogP contribution in [-0.4, -0.2) is 46.6 Å². The smallest absolute Gasteiger partial charge is 0.320 e. The molecule has 3 rings (SSSR count). The van der Waals surface area contributed by atoms with E-state index in [4.69, 9.17) is 0 Å². The van der Waals surface area contributed by atoms with Gasteiger partial charge in [-0.3, -0.25) is 14.5 Å². The Labute approximate surface area is 113 Å². The van der Waals surface area contributed by atoms with Gasteiger partial charge in [-0.05, 0) is 38.0 Å². The number of rotatable bonds is 4. The summed E-state index contributed by atoms with van der Waals surface area (Å²) in [6.07, 6.45) is 7.39. The van der Waals surface area contributed by atoms with E-state index in [1.165, 1.54) is 6.42 Å². The van der Waals surface area contributed by atoms with E-state index in [2.05, 4.69) is 5.32 Å². The van der Waals surface area contributed by atoms with Gasteiger partial charge in [0.25, 0.3) is 0 Å². The summed E-state index contributed by atoms with van der Waals surface area (Å²) in [6, 6.07) is 0.193. The first-order valence-electron chi connectivity index (χ1n) is 7.43. The Bertz CT molecular complexity index is 381. The molecule has 1 aliphatic heterocycles. The molecule has 3 aliphatic rings. The molecule has 0 radical (unpaired) electrons. The Morgan fingerprint density at radius 3 is 2.58 bits per heavy atom. The number of carboxylic acid groups (broad SMARTS) is 1. The largest absolute Gasteiger partial charge is 0.480 e. The van der Waals surface area contributed by atoms with Crippen LogP contribution in [0.25, 0.3) is 0 Å². The number of aliphatic carboxylic acids is 1. The number of amides is 1. The van der Waals surface area contributed by atoms with Crippen LogP contribution in [0.5, 0.6) is 0 Å². The highest BCUT2D eigenvalue weighted by atomic mass is 16.4. The number of carboxylic acids is 1. The van der Waals surface area contributed by atoms with Gasteiger partial charge < -0.3 is 10.4 Å². The van der Waals surface area contributed by atoms with E-state index in [9.17, 15) is 14.7 Å². The lowest BCUT2D eigenvalue weighted by Gasteiger charge is -2.32. The van der Waals surface area contributed by atoms with Crippen molar-refractivity contribution in [3.8, 4) is 0 Å². The third-order valence-electron chi connectivity index (χ3n) is 4.77. The Balaban J connectivity index is 1.66. The molecule has 5 heteroatoms. The van der Waals surface area contributed by atoms with Crippen LogP contribution in [0.3, 0.4) is 0 Å². The van der Waals surface area contributed by atoms with Crippen molar-refractivity contribution in [2.24, 2.45) is 5.92 Å². The lowest BCUT2D eigenvalue weighted by molar-refractivity contribution is -0.143. The fourth-order valence-electron chi connectivity index (χ4n) is 3.69. The number of hydrogen-bond donors (Lipinski definition) is 2. The lowest BCUT2D eigenvalue weighted by atomic mass is 9.85. The molecule has 0 spiro atoms. The monoisotopic (exact) mass is 266 g/mol. The van der Waals surface area contributed by atoms with Gasteiger partial charge in [0.2, 0.25) is 5.91 Å². The highest BCUT2D eigenvalue weighted by Gasteiger charge is 2.45. The van der Waals surface area contributed by atoms with E-state index in [0.717, 1.165) is 38.5 Å². The van der Waals surface area contributed by atoms with Gasteiger partial charge in [0.1, 0.15) is 6.04 Å². The fourth-order valence-corrected chi connectivity index (χ4v) is 3.69. The number of carbonyl (C=O) groups is 2. The zero-order valence-corrected chi connectivity index (χ0v) is 11.2. The third kappa shape index (κ3) is 2.76. The standard InChI is InChI=1S/C14H22N2O3/c17-13(15-10-5-6-10)8-16-11-4-2-1-3-9(11)7-12(16)14(18)19/h9-12H,1-8H2,(H,15,17)(H,18,19). The molecule has 0 aromatic heterocycles. The average molecular weight is 266 g/mol. The van der Waals surface area contributed by atoms with Gasteiger partial charge >= 0.3 is 5.97 Å². The van der Waals surface area contributed by atoms with Gasteiger partial charge in [-0.15, -0.1) is 0 Å². The summed E-state index contributed by atoms with van der Waals surface area (Å²) in [5.74, 6) is -0.294. The number of hydrogen-bond acceptors (Lipinski definition) is 3. The van der Waals surface area contributed by atoms with Crippen molar-refractivity contribution >= 4 is 11.9 Å². The molecule has 2 saturated carbocycles. The Morgan fingerprint density at radius 1 is 1.16 bits per heavy atom. The van der Waals surface area contributed by atoms with Crippen molar-refractivity contribution in [3.05, 3.63) is 0 Å². The zero-order valence-electron chi connectivity index (χ0n) is 11.2. The maximum Gasteiger partial charge on any atom is 0.320 e. The van der Waals surface area contributed by atoms with E-state index in [1.807, 2.05) is 4.90 Å². The Hall–Kier alpha value is -1.10. The summed E-state index contributed by atoms with van der Waals surface area (Å²) in [5, 5.41) is 12.3. The number of nitrogens with one attached hydrogen (secondary N) is 1. The SMILES string of the molecule is O=C(CN1C(C(=O)O)CC2CCCCC21)NC1CC1. The van der Waals surface area contributed by atoms with Crippen LogP contribution in [0.4, 0.5) is 0 Å². The molecule has 3 atom stereocenters. The second-order valence-corrected chi connectivity index (χ2v) is 6.22. The Morgan fingerprint density at radius 2 is 1.89 bits per heavy atom. The molecule has 1 amide bonds. The summed E-state index contributed by atoms with van der Waals surface area (Å²) in [4.78, 5) is 25.3. The number of fused-ring (bicyclic) bond motifs is 1. The van der Waals surface area contributed by atoms with Crippen LogP contribution >= 0.6 is 0 Å². The normalized spacial score (nSPS) is 34.8. The predicted octanol–water partition coefficient (Wildman–Crippen LogP) is 0.983. The Kier molecular flexibility index (Phi) is 3.48. The van der Waals surface area contributed by atoms with E-state index >= 15 is 0 Å². The average Bonchev–Trinajstić information content (AvgIpc) is 3.10. The first-order valence-corrected chi connectivity index (χ1v) is 7.43. The van der Waals surface area contributed by atoms with Gasteiger partial charge in [0, 0.05) is 12.1 Å². The molecule has 1 saturated heterocycles. The van der Waals surface area contributed by atoms with E-state index in [1.54, 1.807) is 0 Å². The van der Waals surface area contributed by atoms with E-state index in [0.29, 0.717) is 18.0 Å². The van der Waals surface area contributed by atoms with Gasteiger partial charge in [-0.2, -0.15) is 0 Å². The minimum Gasteiger partial charge on any atom is -0.480 e. The lowest BCUT2D eigenvalue weighted by Crippen LogP contribution is -2.47. The number of nitrogens with zero attached hydrogens (tertiary/aromatic N) is 1. The van der Waals surface area contributed by atoms with Crippen LogP contribution < -0.4 is 5.32 Å². The zero-order chi connectivity index (χ0) is 13.4. The highest BCUT2D eigenvalue weighted by molar-refractivity contribution is 5.80. The van der Waals surface area contributed by atoms with Crippen LogP contribution in [0.2, 0.25) is 0 Å². The van der Waals surface area contributed by atoms with Crippen LogP contribution in [0.1, 0.15) is 44.9 Å². The van der Waals surface area contributed by atoms with Gasteiger partial charge in [0.05, 0.1) is 6.54 Å². The molecule has 19 heavy (non-hydrogen) atoms. The summed E-state index contributed by atoms with van der Waals surface area (Å²) in [6.45, 7) is 0.259. The minimum absolute atomic E-state index is 0.0000246. The van der Waals surface area contributed by atoms with E-state index in [-0.39, 0.29) is 12.5 Å². The molecular weight excluding hydrogens is 244 g/mol. The molecular formula is C14H22N2O3. The first-order chi connectivity index (χ1) is 9.15. The molecule has 2 aliphatic carbocycles. The van der Waals surface area contributed by atoms with Crippen molar-refractivity contribution in [3.63, 3.8) is 0 Å². The summed E-state index contributed by atoms with van der Waals surface area (Å²) in [7, 11) is 0. The first kappa shape index (κ1) is 12.9. The molecule has 5 nitrogen and oxygen atoms in total. The molecule has 3 fully saturated rings. The molecule has 0 aromatic rings. The van der Waals surface area contributed by atoms with Gasteiger partial charge in [-0.1, -0.05) is 12.8 Å². The number of likely N-dealkylation sites (tertiary alicyclic amines) is 1. The molecule has 2 N–H and O–H groups in total. The quantitative estimate of drug-likeness (QED) is 0.796. The molecule has 106 valence electrons. The van der Waals surface area contributed by atoms with Gasteiger partial charge in [-0.25, -0.2) is 0 Å². The van der Waals surface area contributed by atoms with Crippen molar-refractivity contribution in [2.45, 2.75) is 63.1 Å². The summed E-state index contributed by atoms with van der Waals surface area (Å²) in [5.41, 5.74) is 0. The van der Waals surface area contributed by atoms with Crippen molar-refractivity contribution in [1.82, 2.24) is 10.2 Å². The van der Waals surface area contributed by atoms with Crippen molar-refractivity contribution < 1.29 is 14.7 Å². The maximum absolute atomic E-state index is 11.9. The molecule has 0 aromatic carbocycles. The molecule has 1 heterocycles. The van der Waals surface area contributed by atoms with Crippen molar-refractivity contribution in [1.29, 1.82) is 0 Å². The maximum atomic E-state index is 11.9. The summed E-state index contributed by atoms with van der Waals surface area (Å²) >= 11 is 0. The van der Waals surface area contributed by atoms with Crippen LogP contribution in [0.15, 0.2) is 0 Å². The fraction of sp³-hybridized carbons (Fsp3) is 0.857. The molecule has 3 unspecified atom stereocenters. The minimum atomic E-state index is -0.770. The predicted molar refractivity (Wildman–Crippen MR) is 69.7 cm³/mol. The second-order valence-electron chi connectivity index (χ2n) is 6.22. The van der Waals surface area contributed by atoms with Gasteiger partial charge in [0.15, 0.2) is 0 Å². The third-order valence-corrected chi connectivity index (χ3v) is 4.77.